The van der Waals surface area contributed by atoms with E-state index >= 15 is 0 Å². The highest BCUT2D eigenvalue weighted by Gasteiger charge is 2.20. The number of aromatic nitrogens is 2. The molecule has 1 aromatic rings. The Balaban J connectivity index is 1.70. The van der Waals surface area contributed by atoms with Gasteiger partial charge in [-0.25, -0.2) is 0 Å². The Morgan fingerprint density at radius 1 is 1.42 bits per heavy atom. The number of β-amino-alcohol motifs (C(OH)–C–C–N with tert-alkyl or cyclic N) is 1. The fraction of sp³-hybridized carbons (Fsp3) is 0.786. The van der Waals surface area contributed by atoms with Crippen molar-refractivity contribution in [1.29, 1.82) is 0 Å². The van der Waals surface area contributed by atoms with Crippen LogP contribution in [0, 0.1) is 5.92 Å². The number of nitrogen functional groups attached to an aromatic ring is 1. The minimum Gasteiger partial charge on any atom is -0.396 e. The Morgan fingerprint density at radius 2 is 2.16 bits per heavy atom. The number of anilines is 1. The molecule has 5 nitrogen and oxygen atoms in total. The summed E-state index contributed by atoms with van der Waals surface area (Å²) in [5.74, 6) is 0.893. The fourth-order valence-corrected chi connectivity index (χ4v) is 2.92. The van der Waals surface area contributed by atoms with Gasteiger partial charge in [-0.2, -0.15) is 5.10 Å². The first kappa shape index (κ1) is 14.3. The second-order valence-corrected chi connectivity index (χ2v) is 5.68. The van der Waals surface area contributed by atoms with E-state index in [1.165, 1.54) is 25.7 Å². The van der Waals surface area contributed by atoms with E-state index in [0.717, 1.165) is 25.6 Å². The zero-order valence-electron chi connectivity index (χ0n) is 11.8. The summed E-state index contributed by atoms with van der Waals surface area (Å²) in [6, 6.07) is 0. The monoisotopic (exact) mass is 266 g/mol. The third kappa shape index (κ3) is 4.51. The molecular formula is C14H26N4O. The number of nitrogens with two attached hydrogens (primary N) is 1. The molecule has 0 aromatic carbocycles. The third-order valence-corrected chi connectivity index (χ3v) is 3.92. The Kier molecular flexibility index (Phi) is 5.22. The Labute approximate surface area is 115 Å². The molecule has 1 saturated heterocycles. The minimum atomic E-state index is -0.373. The molecule has 0 amide bonds. The van der Waals surface area contributed by atoms with Gasteiger partial charge in [-0.3, -0.25) is 4.68 Å². The van der Waals surface area contributed by atoms with Gasteiger partial charge in [0, 0.05) is 12.7 Å². The third-order valence-electron chi connectivity index (χ3n) is 3.92. The van der Waals surface area contributed by atoms with Gasteiger partial charge in [0.05, 0.1) is 24.5 Å². The average Bonchev–Trinajstić information content (AvgIpc) is 2.77. The van der Waals surface area contributed by atoms with Crippen LogP contribution in [0.15, 0.2) is 12.4 Å². The van der Waals surface area contributed by atoms with Crippen LogP contribution in [0.2, 0.25) is 0 Å². The summed E-state index contributed by atoms with van der Waals surface area (Å²) >= 11 is 0. The lowest BCUT2D eigenvalue weighted by Gasteiger charge is -2.33. The first-order valence-corrected chi connectivity index (χ1v) is 7.35. The first-order chi connectivity index (χ1) is 9.17. The van der Waals surface area contributed by atoms with Gasteiger partial charge in [-0.05, 0) is 31.8 Å². The molecule has 1 aromatic heterocycles. The summed E-state index contributed by atoms with van der Waals surface area (Å²) in [6.45, 7) is 5.74. The first-order valence-electron chi connectivity index (χ1n) is 7.35. The highest BCUT2D eigenvalue weighted by Crippen LogP contribution is 2.21. The summed E-state index contributed by atoms with van der Waals surface area (Å²) in [7, 11) is 0. The van der Waals surface area contributed by atoms with Crippen molar-refractivity contribution in [2.75, 3.05) is 25.4 Å². The van der Waals surface area contributed by atoms with Gasteiger partial charge in [0.2, 0.25) is 0 Å². The standard InChI is InChI=1S/C14H26N4O/c1-2-3-12-4-6-17(7-5-12)10-14(19)11-18-9-13(15)8-16-18/h8-9,12,14,19H,2-7,10-11,15H2,1H3. The molecule has 108 valence electrons. The van der Waals surface area contributed by atoms with Crippen LogP contribution in [0.4, 0.5) is 5.69 Å². The van der Waals surface area contributed by atoms with Crippen molar-refractivity contribution >= 4 is 5.69 Å². The molecule has 19 heavy (non-hydrogen) atoms. The van der Waals surface area contributed by atoms with E-state index in [1.807, 2.05) is 0 Å². The molecule has 1 fully saturated rings. The molecule has 0 bridgehead atoms. The lowest BCUT2D eigenvalue weighted by atomic mass is 9.92. The van der Waals surface area contributed by atoms with E-state index in [0.29, 0.717) is 12.2 Å². The maximum absolute atomic E-state index is 10.1. The topological polar surface area (TPSA) is 67.3 Å². The molecule has 2 heterocycles. The highest BCUT2D eigenvalue weighted by atomic mass is 16.3. The van der Waals surface area contributed by atoms with Gasteiger partial charge in [0.15, 0.2) is 0 Å². The lowest BCUT2D eigenvalue weighted by molar-refractivity contribution is 0.0748. The van der Waals surface area contributed by atoms with E-state index in [2.05, 4.69) is 16.9 Å². The zero-order valence-corrected chi connectivity index (χ0v) is 11.8. The van der Waals surface area contributed by atoms with Gasteiger partial charge in [0.25, 0.3) is 0 Å². The number of aliphatic hydroxyl groups is 1. The number of hydrogen-bond donors (Lipinski definition) is 2. The van der Waals surface area contributed by atoms with Crippen LogP contribution < -0.4 is 5.73 Å². The zero-order chi connectivity index (χ0) is 13.7. The number of aliphatic hydroxyl groups excluding tert-OH is 1. The van der Waals surface area contributed by atoms with Crippen molar-refractivity contribution in [1.82, 2.24) is 14.7 Å². The number of piperidine rings is 1. The Morgan fingerprint density at radius 3 is 2.74 bits per heavy atom. The van der Waals surface area contributed by atoms with Crippen LogP contribution in [-0.4, -0.2) is 45.5 Å². The predicted molar refractivity (Wildman–Crippen MR) is 76.7 cm³/mol. The van der Waals surface area contributed by atoms with Gasteiger partial charge in [-0.1, -0.05) is 19.8 Å². The van der Waals surface area contributed by atoms with Crippen molar-refractivity contribution in [3.8, 4) is 0 Å². The van der Waals surface area contributed by atoms with Crippen LogP contribution in [-0.2, 0) is 6.54 Å². The van der Waals surface area contributed by atoms with Crippen molar-refractivity contribution in [2.45, 2.75) is 45.3 Å². The molecule has 1 aliphatic heterocycles. The molecule has 0 saturated carbocycles. The predicted octanol–water partition coefficient (Wildman–Crippen LogP) is 1.34. The normalized spacial score (nSPS) is 19.7. The second kappa shape index (κ2) is 6.91. The van der Waals surface area contributed by atoms with Crippen LogP contribution >= 0.6 is 0 Å². The molecule has 0 aliphatic carbocycles. The summed E-state index contributed by atoms with van der Waals surface area (Å²) in [4.78, 5) is 2.36. The second-order valence-electron chi connectivity index (χ2n) is 5.68. The number of rotatable bonds is 6. The van der Waals surface area contributed by atoms with E-state index < -0.39 is 0 Å². The van der Waals surface area contributed by atoms with E-state index in [4.69, 9.17) is 5.73 Å². The van der Waals surface area contributed by atoms with Gasteiger partial charge in [-0.15, -0.1) is 0 Å². The van der Waals surface area contributed by atoms with E-state index in [9.17, 15) is 5.11 Å². The van der Waals surface area contributed by atoms with Gasteiger partial charge in [0.1, 0.15) is 0 Å². The Bertz CT molecular complexity index is 371. The van der Waals surface area contributed by atoms with E-state index in [1.54, 1.807) is 17.1 Å². The fourth-order valence-electron chi connectivity index (χ4n) is 2.92. The number of likely N-dealkylation sites (tertiary alicyclic amines) is 1. The molecule has 1 aliphatic rings. The summed E-state index contributed by atoms with van der Waals surface area (Å²) in [5, 5.41) is 14.2. The van der Waals surface area contributed by atoms with Gasteiger partial charge >= 0.3 is 0 Å². The van der Waals surface area contributed by atoms with Crippen molar-refractivity contribution < 1.29 is 5.11 Å². The smallest absolute Gasteiger partial charge is 0.0862 e. The average molecular weight is 266 g/mol. The largest absolute Gasteiger partial charge is 0.396 e. The highest BCUT2D eigenvalue weighted by molar-refractivity contribution is 5.30. The molecule has 2 rings (SSSR count). The number of nitrogens with zero attached hydrogens (tertiary/aromatic N) is 3. The maximum atomic E-state index is 10.1. The summed E-state index contributed by atoms with van der Waals surface area (Å²) in [5.41, 5.74) is 6.25. The Hall–Kier alpha value is -1.07. The minimum absolute atomic E-state index is 0.373. The molecule has 0 spiro atoms. The van der Waals surface area contributed by atoms with E-state index in [-0.39, 0.29) is 6.10 Å². The maximum Gasteiger partial charge on any atom is 0.0862 e. The quantitative estimate of drug-likeness (QED) is 0.815. The summed E-state index contributed by atoms with van der Waals surface area (Å²) < 4.78 is 1.71. The van der Waals surface area contributed by atoms with Crippen LogP contribution in [0.1, 0.15) is 32.6 Å². The van der Waals surface area contributed by atoms with Crippen molar-refractivity contribution in [2.24, 2.45) is 5.92 Å². The molecule has 1 unspecified atom stereocenters. The molecule has 5 heteroatoms. The number of hydrogen-bond acceptors (Lipinski definition) is 4. The molecular weight excluding hydrogens is 240 g/mol. The molecule has 3 N–H and O–H groups in total. The SMILES string of the molecule is CCCC1CCN(CC(O)Cn2cc(N)cn2)CC1. The summed E-state index contributed by atoms with van der Waals surface area (Å²) in [6.07, 6.45) is 8.18. The van der Waals surface area contributed by atoms with Crippen LogP contribution in [0.5, 0.6) is 0 Å². The van der Waals surface area contributed by atoms with Crippen molar-refractivity contribution in [3.05, 3.63) is 12.4 Å². The van der Waals surface area contributed by atoms with Crippen molar-refractivity contribution in [3.63, 3.8) is 0 Å². The van der Waals surface area contributed by atoms with Gasteiger partial charge < -0.3 is 15.7 Å². The van der Waals surface area contributed by atoms with Crippen LogP contribution in [0.3, 0.4) is 0 Å². The molecule has 0 radical (unpaired) electrons. The molecule has 1 atom stereocenters. The lowest BCUT2D eigenvalue weighted by Crippen LogP contribution is -2.40. The van der Waals surface area contributed by atoms with Crippen LogP contribution in [0.25, 0.3) is 0 Å².